The lowest BCUT2D eigenvalue weighted by molar-refractivity contribution is -0.164. The molecule has 14 nitrogen and oxygen atoms in total. The molecule has 2 heterocycles. The highest BCUT2D eigenvalue weighted by Crippen LogP contribution is 2.32. The summed E-state index contributed by atoms with van der Waals surface area (Å²) in [5.41, 5.74) is 0.672. The van der Waals surface area contributed by atoms with Crippen LogP contribution in [0.2, 0.25) is 0 Å². The molecular weight excluding hydrogens is 670 g/mol. The van der Waals surface area contributed by atoms with Gasteiger partial charge in [0.1, 0.15) is 31.1 Å². The van der Waals surface area contributed by atoms with Gasteiger partial charge in [-0.05, 0) is 73.9 Å². The third kappa shape index (κ3) is 9.44. The maximum absolute atomic E-state index is 13.9. The molecule has 0 bridgehead atoms. The van der Waals surface area contributed by atoms with Gasteiger partial charge in [-0.25, -0.2) is 9.59 Å². The number of carbonyl (C=O) groups excluding carboxylic acids is 4. The molecule has 0 radical (unpaired) electrons. The van der Waals surface area contributed by atoms with Gasteiger partial charge >= 0.3 is 22.3 Å². The molecule has 2 aliphatic rings. The molecule has 2 amide bonds. The Hall–Kier alpha value is -4.37. The van der Waals surface area contributed by atoms with Crippen LogP contribution in [0.3, 0.4) is 0 Å². The van der Waals surface area contributed by atoms with Crippen molar-refractivity contribution >= 4 is 34.0 Å². The number of piperidine rings is 1. The Morgan fingerprint density at radius 3 is 2.48 bits per heavy atom. The number of hydrogen-bond acceptors (Lipinski definition) is 11. The maximum Gasteiger partial charge on any atom is 0.424 e. The molecule has 2 aromatic rings. The molecular formula is C35H47N3O11S. The number of carbonyl (C=O) groups is 4. The van der Waals surface area contributed by atoms with E-state index in [1.165, 1.54) is 4.90 Å². The Labute approximate surface area is 293 Å². The lowest BCUT2D eigenvalue weighted by Crippen LogP contribution is -2.53. The molecule has 0 spiro atoms. The highest BCUT2D eigenvalue weighted by Gasteiger charge is 2.41. The van der Waals surface area contributed by atoms with Gasteiger partial charge in [0.25, 0.3) is 5.91 Å². The van der Waals surface area contributed by atoms with Crippen LogP contribution in [0, 0.1) is 5.41 Å². The van der Waals surface area contributed by atoms with Crippen LogP contribution in [-0.2, 0) is 40.5 Å². The van der Waals surface area contributed by atoms with E-state index < -0.39 is 51.5 Å². The second-order valence-electron chi connectivity index (χ2n) is 12.7. The van der Waals surface area contributed by atoms with E-state index in [0.717, 1.165) is 5.56 Å². The molecule has 0 saturated carbocycles. The van der Waals surface area contributed by atoms with Gasteiger partial charge in [0.05, 0.1) is 20.8 Å². The minimum atomic E-state index is -4.07. The monoisotopic (exact) mass is 717 g/mol. The molecule has 0 aromatic heterocycles. The number of esters is 1. The molecule has 15 heteroatoms. The Bertz CT molecular complexity index is 1650. The first-order valence-electron chi connectivity index (χ1n) is 16.7. The van der Waals surface area contributed by atoms with E-state index in [1.807, 2.05) is 19.1 Å². The Balaban J connectivity index is 1.51. The maximum atomic E-state index is 13.9. The smallest absolute Gasteiger partial charge is 0.424 e. The Morgan fingerprint density at radius 1 is 1.04 bits per heavy atom. The zero-order valence-corrected chi connectivity index (χ0v) is 30.1. The van der Waals surface area contributed by atoms with Gasteiger partial charge in [-0.15, -0.1) is 0 Å². The number of likely N-dealkylation sites (tertiary alicyclic amines) is 1. The van der Waals surface area contributed by atoms with E-state index in [4.69, 9.17) is 23.7 Å². The van der Waals surface area contributed by atoms with Crippen LogP contribution in [0.25, 0.3) is 0 Å². The number of ether oxygens (including phenoxy) is 5. The Kier molecular flexibility index (Phi) is 13.1. The second kappa shape index (κ2) is 17.0. The number of hydrogen-bond donors (Lipinski definition) is 1. The quantitative estimate of drug-likeness (QED) is 0.143. The van der Waals surface area contributed by atoms with E-state index in [1.54, 1.807) is 58.4 Å². The van der Waals surface area contributed by atoms with E-state index in [2.05, 4.69) is 4.72 Å². The van der Waals surface area contributed by atoms with Gasteiger partial charge in [0.2, 0.25) is 5.78 Å². The summed E-state index contributed by atoms with van der Waals surface area (Å²) in [6.45, 7) is 5.33. The molecule has 2 fully saturated rings. The number of ketones is 1. The van der Waals surface area contributed by atoms with Crippen LogP contribution in [0.5, 0.6) is 17.2 Å². The topological polar surface area (TPSA) is 167 Å². The van der Waals surface area contributed by atoms with Crippen molar-refractivity contribution in [1.82, 2.24) is 13.9 Å². The van der Waals surface area contributed by atoms with Crippen molar-refractivity contribution in [3.8, 4) is 17.2 Å². The van der Waals surface area contributed by atoms with Crippen molar-refractivity contribution in [3.05, 3.63) is 53.6 Å². The number of nitrogens with one attached hydrogen (secondary N) is 1. The molecule has 1 N–H and O–H groups in total. The predicted molar refractivity (Wildman–Crippen MR) is 182 cm³/mol. The fourth-order valence-electron chi connectivity index (χ4n) is 5.67. The molecule has 2 aromatic carbocycles. The van der Waals surface area contributed by atoms with Gasteiger partial charge < -0.3 is 28.6 Å². The number of benzene rings is 2. The summed E-state index contributed by atoms with van der Waals surface area (Å²) in [6.07, 6.45) is 1.39. The number of rotatable bonds is 17. The third-order valence-electron chi connectivity index (χ3n) is 9.03. The van der Waals surface area contributed by atoms with Crippen LogP contribution in [0.1, 0.15) is 70.1 Å². The van der Waals surface area contributed by atoms with Crippen molar-refractivity contribution in [1.29, 1.82) is 0 Å². The van der Waals surface area contributed by atoms with Crippen LogP contribution in [0.4, 0.5) is 4.79 Å². The SMILES string of the molecule is CCC(C)(C)C(=O)C(=O)N1CCCC[C@H]1C(=O)O[C@H](CCc1ccc(OC)c(OC)c1)c1cccc(OCCNS(=O)(=O)N2CCOC2=O)c1. The second-order valence-corrected chi connectivity index (χ2v) is 14.4. The van der Waals surface area contributed by atoms with Gasteiger partial charge in [-0.1, -0.05) is 39.0 Å². The van der Waals surface area contributed by atoms with E-state index in [-0.39, 0.29) is 32.8 Å². The lowest BCUT2D eigenvalue weighted by atomic mass is 9.84. The zero-order chi connectivity index (χ0) is 36.5. The van der Waals surface area contributed by atoms with E-state index >= 15 is 0 Å². The van der Waals surface area contributed by atoms with Crippen LogP contribution in [-0.4, -0.2) is 94.5 Å². The standard InChI is InChI=1S/C35H47N3O11S/c1-6-35(2,3)31(39)32(40)37-18-8-7-12-27(37)33(41)49-28(15-13-24-14-16-29(45-4)30(22-24)46-5)25-10-9-11-26(23-25)47-20-17-36-50(43,44)38-19-21-48-34(38)42/h9-11,14,16,22-23,27-28,36H,6-8,12-13,15,17-21H2,1-5H3/t27-,28+/m0/s1. The molecule has 2 aliphatic heterocycles. The summed E-state index contributed by atoms with van der Waals surface area (Å²) in [4.78, 5) is 53.4. The number of cyclic esters (lactones) is 1. The van der Waals surface area contributed by atoms with Crippen LogP contribution >= 0.6 is 0 Å². The van der Waals surface area contributed by atoms with Crippen molar-refractivity contribution in [2.24, 2.45) is 5.41 Å². The molecule has 274 valence electrons. The van der Waals surface area contributed by atoms with Crippen molar-refractivity contribution in [2.75, 3.05) is 47.1 Å². The van der Waals surface area contributed by atoms with E-state index in [0.29, 0.717) is 65.6 Å². The highest BCUT2D eigenvalue weighted by atomic mass is 32.2. The first-order chi connectivity index (χ1) is 23.8. The van der Waals surface area contributed by atoms with Crippen molar-refractivity contribution < 1.29 is 51.3 Å². The molecule has 2 saturated heterocycles. The first-order valence-corrected chi connectivity index (χ1v) is 18.2. The molecule has 2 atom stereocenters. The summed E-state index contributed by atoms with van der Waals surface area (Å²) in [6, 6.07) is 11.5. The average Bonchev–Trinajstić information content (AvgIpc) is 3.57. The molecule has 0 aliphatic carbocycles. The normalized spacial score (nSPS) is 17.1. The summed E-state index contributed by atoms with van der Waals surface area (Å²) in [7, 11) is -0.973. The minimum absolute atomic E-state index is 0.00890. The number of methoxy groups -OCH3 is 2. The van der Waals surface area contributed by atoms with Crippen LogP contribution in [0.15, 0.2) is 42.5 Å². The Morgan fingerprint density at radius 2 is 1.80 bits per heavy atom. The molecule has 50 heavy (non-hydrogen) atoms. The summed E-state index contributed by atoms with van der Waals surface area (Å²) in [5.74, 6) is -0.267. The number of aryl methyl sites for hydroxylation is 1. The zero-order valence-electron chi connectivity index (χ0n) is 29.3. The average molecular weight is 718 g/mol. The largest absolute Gasteiger partial charge is 0.493 e. The van der Waals surface area contributed by atoms with Gasteiger partial charge in [-0.3, -0.25) is 9.59 Å². The fourth-order valence-corrected chi connectivity index (χ4v) is 6.73. The van der Waals surface area contributed by atoms with E-state index in [9.17, 15) is 27.6 Å². The van der Waals surface area contributed by atoms with Crippen LogP contribution < -0.4 is 18.9 Å². The van der Waals surface area contributed by atoms with Crippen molar-refractivity contribution in [3.63, 3.8) is 0 Å². The number of amides is 2. The summed E-state index contributed by atoms with van der Waals surface area (Å²) >= 11 is 0. The van der Waals surface area contributed by atoms with Gasteiger partial charge in [0.15, 0.2) is 11.5 Å². The van der Waals surface area contributed by atoms with Gasteiger partial charge in [0, 0.05) is 18.5 Å². The first kappa shape index (κ1) is 38.4. The molecule has 4 rings (SSSR count). The van der Waals surface area contributed by atoms with Crippen molar-refractivity contribution in [2.45, 2.75) is 71.4 Å². The van der Waals surface area contributed by atoms with Gasteiger partial charge in [-0.2, -0.15) is 17.4 Å². The number of nitrogens with zero attached hydrogens (tertiary/aromatic N) is 2. The summed E-state index contributed by atoms with van der Waals surface area (Å²) < 4.78 is 55.3. The third-order valence-corrected chi connectivity index (χ3v) is 10.5. The molecule has 0 unspecified atom stereocenters. The predicted octanol–water partition coefficient (Wildman–Crippen LogP) is 3.97. The highest BCUT2D eigenvalue weighted by molar-refractivity contribution is 7.87. The minimum Gasteiger partial charge on any atom is -0.493 e. The fraction of sp³-hybridized carbons (Fsp3) is 0.543. The number of Topliss-reactive ketones (excluding diaryl/α,β-unsaturated/α-hetero) is 1. The lowest BCUT2D eigenvalue weighted by Gasteiger charge is -2.36. The summed E-state index contributed by atoms with van der Waals surface area (Å²) in [5, 5.41) is 0.